The summed E-state index contributed by atoms with van der Waals surface area (Å²) >= 11 is 0. The number of esters is 2. The second-order valence-electron chi connectivity index (χ2n) is 3.84. The zero-order valence-corrected chi connectivity index (χ0v) is 10.6. The molecule has 1 unspecified atom stereocenters. The van der Waals surface area contributed by atoms with Gasteiger partial charge in [0.05, 0.1) is 0 Å². The molecular formula is C12H18O6. The minimum absolute atomic E-state index is 0.0213. The van der Waals surface area contributed by atoms with E-state index in [1.54, 1.807) is 0 Å². The molecule has 0 fully saturated rings. The Hall–Kier alpha value is -1.85. The molecule has 0 aromatic rings. The number of carboxylic acid groups (broad SMARTS) is 1. The van der Waals surface area contributed by atoms with Crippen molar-refractivity contribution in [1.82, 2.24) is 0 Å². The van der Waals surface area contributed by atoms with Gasteiger partial charge in [-0.3, -0.25) is 9.59 Å². The molecule has 0 aliphatic heterocycles. The molecule has 0 aliphatic rings. The van der Waals surface area contributed by atoms with E-state index in [1.165, 1.54) is 13.8 Å². The summed E-state index contributed by atoms with van der Waals surface area (Å²) in [5, 5.41) is 8.39. The van der Waals surface area contributed by atoms with Crippen LogP contribution >= 0.6 is 0 Å². The van der Waals surface area contributed by atoms with Crippen LogP contribution in [0.15, 0.2) is 12.2 Å². The third-order valence-electron chi connectivity index (χ3n) is 1.94. The van der Waals surface area contributed by atoms with Gasteiger partial charge in [-0.15, -0.1) is 0 Å². The predicted molar refractivity (Wildman–Crippen MR) is 62.6 cm³/mol. The Morgan fingerprint density at radius 3 is 2.22 bits per heavy atom. The Bertz CT molecular complexity index is 333. The van der Waals surface area contributed by atoms with Gasteiger partial charge in [-0.25, -0.2) is 4.79 Å². The van der Waals surface area contributed by atoms with Crippen molar-refractivity contribution in [1.29, 1.82) is 0 Å². The lowest BCUT2D eigenvalue weighted by Crippen LogP contribution is -2.21. The van der Waals surface area contributed by atoms with Gasteiger partial charge in [-0.2, -0.15) is 0 Å². The number of aliphatic carboxylic acids is 1. The predicted octanol–water partition coefficient (Wildman–Crippen LogP) is 1.64. The van der Waals surface area contributed by atoms with E-state index in [0.717, 1.165) is 0 Å². The van der Waals surface area contributed by atoms with Gasteiger partial charge in [-0.05, 0) is 19.8 Å². The lowest BCUT2D eigenvalue weighted by molar-refractivity contribution is -0.181. The maximum atomic E-state index is 11.3. The summed E-state index contributed by atoms with van der Waals surface area (Å²) < 4.78 is 9.56. The van der Waals surface area contributed by atoms with Crippen LogP contribution in [0.4, 0.5) is 0 Å². The summed E-state index contributed by atoms with van der Waals surface area (Å²) in [6.45, 7) is 6.31. The van der Waals surface area contributed by atoms with E-state index in [2.05, 4.69) is 6.58 Å². The van der Waals surface area contributed by atoms with Crippen molar-refractivity contribution in [2.24, 2.45) is 0 Å². The normalized spacial score (nSPS) is 11.4. The molecule has 18 heavy (non-hydrogen) atoms. The van der Waals surface area contributed by atoms with Gasteiger partial charge in [0.1, 0.15) is 0 Å². The molecule has 0 saturated carbocycles. The molecule has 0 amide bonds. The number of unbranched alkanes of at least 4 members (excludes halogenated alkanes) is 1. The van der Waals surface area contributed by atoms with Crippen LogP contribution in [0.5, 0.6) is 0 Å². The van der Waals surface area contributed by atoms with Crippen LogP contribution in [-0.2, 0) is 23.9 Å². The van der Waals surface area contributed by atoms with E-state index >= 15 is 0 Å². The van der Waals surface area contributed by atoms with E-state index in [0.29, 0.717) is 12.8 Å². The Morgan fingerprint density at radius 2 is 1.72 bits per heavy atom. The highest BCUT2D eigenvalue weighted by Gasteiger charge is 2.14. The van der Waals surface area contributed by atoms with E-state index in [1.807, 2.05) is 0 Å². The summed E-state index contributed by atoms with van der Waals surface area (Å²) in [5.74, 6) is -2.05. The van der Waals surface area contributed by atoms with E-state index in [-0.39, 0.29) is 18.4 Å². The van der Waals surface area contributed by atoms with Gasteiger partial charge in [0.15, 0.2) is 0 Å². The fourth-order valence-electron chi connectivity index (χ4n) is 1.06. The summed E-state index contributed by atoms with van der Waals surface area (Å²) in [6.07, 6.45) is -0.0204. The number of hydrogen-bond acceptors (Lipinski definition) is 5. The largest absolute Gasteiger partial charge is 0.481 e. The minimum atomic E-state index is -0.971. The van der Waals surface area contributed by atoms with E-state index in [4.69, 9.17) is 14.6 Å². The number of carbonyl (C=O) groups is 3. The molecule has 0 bridgehead atoms. The Kier molecular flexibility index (Phi) is 7.42. The van der Waals surface area contributed by atoms with Crippen LogP contribution < -0.4 is 0 Å². The van der Waals surface area contributed by atoms with Crippen LogP contribution in [-0.4, -0.2) is 29.3 Å². The molecule has 6 heteroatoms. The molecule has 0 saturated heterocycles. The highest BCUT2D eigenvalue weighted by Crippen LogP contribution is 2.05. The van der Waals surface area contributed by atoms with Gasteiger partial charge < -0.3 is 14.6 Å². The van der Waals surface area contributed by atoms with Crippen molar-refractivity contribution < 1.29 is 29.0 Å². The summed E-state index contributed by atoms with van der Waals surface area (Å²) in [6, 6.07) is 0. The molecule has 1 atom stereocenters. The number of carbonyl (C=O) groups excluding carboxylic acids is 2. The van der Waals surface area contributed by atoms with E-state index < -0.39 is 24.2 Å². The molecule has 0 rings (SSSR count). The second-order valence-corrected chi connectivity index (χ2v) is 3.84. The van der Waals surface area contributed by atoms with Crippen molar-refractivity contribution in [3.8, 4) is 0 Å². The Labute approximate surface area is 106 Å². The third-order valence-corrected chi connectivity index (χ3v) is 1.94. The first-order chi connectivity index (χ1) is 8.32. The number of hydrogen-bond donors (Lipinski definition) is 1. The first-order valence-electron chi connectivity index (χ1n) is 5.60. The van der Waals surface area contributed by atoms with Gasteiger partial charge >= 0.3 is 17.9 Å². The van der Waals surface area contributed by atoms with Crippen molar-refractivity contribution in [3.63, 3.8) is 0 Å². The molecule has 0 aromatic carbocycles. The smallest absolute Gasteiger partial charge is 0.336 e. The number of ether oxygens (including phenoxy) is 2. The standard InChI is InChI=1S/C12H18O6/c1-8(2)12(16)18-9(3)17-11(15)7-5-4-6-10(13)14/h9H,1,4-7H2,2-3H3,(H,13,14). The molecule has 0 heterocycles. The lowest BCUT2D eigenvalue weighted by atomic mass is 10.2. The molecule has 6 nitrogen and oxygen atoms in total. The summed E-state index contributed by atoms with van der Waals surface area (Å²) in [4.78, 5) is 32.6. The zero-order chi connectivity index (χ0) is 14.1. The van der Waals surface area contributed by atoms with Gasteiger partial charge in [-0.1, -0.05) is 6.58 Å². The SMILES string of the molecule is C=C(C)C(=O)OC(C)OC(=O)CCCCC(=O)O. The van der Waals surface area contributed by atoms with Crippen LogP contribution in [0, 0.1) is 0 Å². The average molecular weight is 258 g/mol. The maximum Gasteiger partial charge on any atom is 0.336 e. The van der Waals surface area contributed by atoms with Gasteiger partial charge in [0, 0.05) is 25.3 Å². The molecular weight excluding hydrogens is 240 g/mol. The topological polar surface area (TPSA) is 89.9 Å². The second kappa shape index (κ2) is 8.27. The zero-order valence-electron chi connectivity index (χ0n) is 10.6. The third kappa shape index (κ3) is 8.32. The molecule has 1 N–H and O–H groups in total. The molecule has 102 valence electrons. The van der Waals surface area contributed by atoms with Gasteiger partial charge in [0.2, 0.25) is 6.29 Å². The Balaban J connectivity index is 3.77. The van der Waals surface area contributed by atoms with Crippen molar-refractivity contribution >= 4 is 17.9 Å². The monoisotopic (exact) mass is 258 g/mol. The molecule has 0 aromatic heterocycles. The van der Waals surface area contributed by atoms with Gasteiger partial charge in [0.25, 0.3) is 0 Å². The fraction of sp³-hybridized carbons (Fsp3) is 0.583. The molecule has 0 spiro atoms. The summed E-state index contributed by atoms with van der Waals surface area (Å²) in [5.41, 5.74) is 0.222. The van der Waals surface area contributed by atoms with Crippen molar-refractivity contribution in [3.05, 3.63) is 12.2 Å². The van der Waals surface area contributed by atoms with Crippen LogP contribution in [0.1, 0.15) is 39.5 Å². The Morgan fingerprint density at radius 1 is 1.17 bits per heavy atom. The van der Waals surface area contributed by atoms with Crippen molar-refractivity contribution in [2.45, 2.75) is 45.8 Å². The minimum Gasteiger partial charge on any atom is -0.481 e. The highest BCUT2D eigenvalue weighted by atomic mass is 16.7. The highest BCUT2D eigenvalue weighted by molar-refractivity contribution is 5.87. The van der Waals surface area contributed by atoms with Crippen LogP contribution in [0.2, 0.25) is 0 Å². The maximum absolute atomic E-state index is 11.3. The quantitative estimate of drug-likeness (QED) is 0.308. The summed E-state index contributed by atoms with van der Waals surface area (Å²) in [7, 11) is 0. The molecule has 0 aliphatic carbocycles. The van der Waals surface area contributed by atoms with Crippen LogP contribution in [0.3, 0.4) is 0 Å². The first kappa shape index (κ1) is 16.1. The lowest BCUT2D eigenvalue weighted by Gasteiger charge is -2.13. The number of rotatable bonds is 8. The molecule has 0 radical (unpaired) electrons. The fourth-order valence-corrected chi connectivity index (χ4v) is 1.06. The average Bonchev–Trinajstić information content (AvgIpc) is 2.23. The number of carboxylic acids is 1. The van der Waals surface area contributed by atoms with Crippen LogP contribution in [0.25, 0.3) is 0 Å². The van der Waals surface area contributed by atoms with Crippen molar-refractivity contribution in [2.75, 3.05) is 0 Å². The first-order valence-corrected chi connectivity index (χ1v) is 5.60. The van der Waals surface area contributed by atoms with E-state index in [9.17, 15) is 14.4 Å².